The Balaban J connectivity index is 2.39. The molecule has 0 saturated heterocycles. The summed E-state index contributed by atoms with van der Waals surface area (Å²) in [5.41, 5.74) is 11.1. The van der Waals surface area contributed by atoms with E-state index in [1.165, 1.54) is 24.3 Å². The molecule has 2 aromatic carbocycles. The van der Waals surface area contributed by atoms with Crippen molar-refractivity contribution in [2.75, 3.05) is 5.73 Å². The van der Waals surface area contributed by atoms with Crippen molar-refractivity contribution in [3.05, 3.63) is 53.8 Å². The van der Waals surface area contributed by atoms with Crippen molar-refractivity contribution >= 4 is 11.6 Å². The number of carbonyl (C=O) groups excluding carboxylic acids is 1. The second-order valence-corrected chi connectivity index (χ2v) is 3.61. The van der Waals surface area contributed by atoms with Crippen LogP contribution in [0.1, 0.15) is 10.4 Å². The Morgan fingerprint density at radius 2 is 1.72 bits per heavy atom. The molecule has 0 saturated carbocycles. The van der Waals surface area contributed by atoms with Crippen molar-refractivity contribution < 1.29 is 13.9 Å². The summed E-state index contributed by atoms with van der Waals surface area (Å²) in [4.78, 5) is 11.1. The number of anilines is 1. The van der Waals surface area contributed by atoms with E-state index in [1.54, 1.807) is 18.2 Å². The van der Waals surface area contributed by atoms with E-state index in [1.807, 2.05) is 0 Å². The lowest BCUT2D eigenvalue weighted by atomic mass is 10.1. The zero-order valence-electron chi connectivity index (χ0n) is 9.39. The minimum Gasteiger partial charge on any atom is -0.452 e. The van der Waals surface area contributed by atoms with Gasteiger partial charge in [0.15, 0.2) is 17.3 Å². The topological polar surface area (TPSA) is 78.3 Å². The van der Waals surface area contributed by atoms with Crippen LogP contribution < -0.4 is 16.2 Å². The minimum atomic E-state index is -0.661. The molecule has 2 rings (SSSR count). The number of hydrogen-bond donors (Lipinski definition) is 2. The van der Waals surface area contributed by atoms with Gasteiger partial charge in [0.1, 0.15) is 0 Å². The number of ether oxygens (including phenoxy) is 1. The Morgan fingerprint density at radius 1 is 1.06 bits per heavy atom. The average Bonchev–Trinajstić information content (AvgIpc) is 2.34. The Hall–Kier alpha value is -2.56. The maximum absolute atomic E-state index is 13.4. The number of rotatable bonds is 3. The van der Waals surface area contributed by atoms with E-state index >= 15 is 0 Å². The Kier molecular flexibility index (Phi) is 3.14. The van der Waals surface area contributed by atoms with Crippen molar-refractivity contribution in [2.24, 2.45) is 5.73 Å². The van der Waals surface area contributed by atoms with E-state index in [0.717, 1.165) is 0 Å². The molecule has 18 heavy (non-hydrogen) atoms. The summed E-state index contributed by atoms with van der Waals surface area (Å²) in [6.07, 6.45) is 0. The fourth-order valence-electron chi connectivity index (χ4n) is 1.49. The van der Waals surface area contributed by atoms with Crippen molar-refractivity contribution in [3.63, 3.8) is 0 Å². The van der Waals surface area contributed by atoms with Crippen LogP contribution in [0, 0.1) is 5.82 Å². The highest BCUT2D eigenvalue weighted by Gasteiger charge is 2.12. The van der Waals surface area contributed by atoms with Gasteiger partial charge in [0.2, 0.25) is 0 Å². The van der Waals surface area contributed by atoms with Gasteiger partial charge in [-0.25, -0.2) is 4.39 Å². The molecule has 0 heterocycles. The predicted octanol–water partition coefficient (Wildman–Crippen LogP) is 2.30. The molecule has 0 aliphatic heterocycles. The molecule has 4 N–H and O–H groups in total. The van der Waals surface area contributed by atoms with Crippen LogP contribution in [0.25, 0.3) is 0 Å². The quantitative estimate of drug-likeness (QED) is 0.815. The normalized spacial score (nSPS) is 10.1. The third-order valence-corrected chi connectivity index (χ3v) is 2.39. The lowest BCUT2D eigenvalue weighted by Gasteiger charge is -2.10. The minimum absolute atomic E-state index is 0.0332. The van der Waals surface area contributed by atoms with Gasteiger partial charge < -0.3 is 16.2 Å². The smallest absolute Gasteiger partial charge is 0.250 e. The molecule has 0 aromatic heterocycles. The first-order chi connectivity index (χ1) is 8.59. The molecule has 0 aliphatic carbocycles. The molecule has 0 unspecified atom stereocenters. The van der Waals surface area contributed by atoms with Gasteiger partial charge in [-0.05, 0) is 24.3 Å². The van der Waals surface area contributed by atoms with E-state index in [2.05, 4.69) is 0 Å². The van der Waals surface area contributed by atoms with Crippen LogP contribution in [0.2, 0.25) is 0 Å². The molecule has 0 spiro atoms. The van der Waals surface area contributed by atoms with Gasteiger partial charge in [-0.2, -0.15) is 0 Å². The van der Waals surface area contributed by atoms with Gasteiger partial charge in [0.05, 0.1) is 11.3 Å². The van der Waals surface area contributed by atoms with Crippen molar-refractivity contribution in [1.29, 1.82) is 0 Å². The van der Waals surface area contributed by atoms with E-state index in [9.17, 15) is 9.18 Å². The number of nitrogens with two attached hydrogens (primary N) is 2. The van der Waals surface area contributed by atoms with Gasteiger partial charge in [0.25, 0.3) is 5.91 Å². The highest BCUT2D eigenvalue weighted by molar-refractivity contribution is 5.99. The third kappa shape index (κ3) is 2.24. The lowest BCUT2D eigenvalue weighted by molar-refractivity contribution is 0.100. The number of amides is 1. The first-order valence-corrected chi connectivity index (χ1v) is 5.20. The number of halogens is 1. The average molecular weight is 246 g/mol. The largest absolute Gasteiger partial charge is 0.452 e. The molecule has 5 heteroatoms. The Morgan fingerprint density at radius 3 is 2.39 bits per heavy atom. The van der Waals surface area contributed by atoms with Gasteiger partial charge >= 0.3 is 0 Å². The molecule has 0 atom stereocenters. The number of hydrogen-bond acceptors (Lipinski definition) is 3. The van der Waals surface area contributed by atoms with Crippen molar-refractivity contribution in [2.45, 2.75) is 0 Å². The summed E-state index contributed by atoms with van der Waals surface area (Å²) >= 11 is 0. The first kappa shape index (κ1) is 11.9. The monoisotopic (exact) mass is 246 g/mol. The van der Waals surface area contributed by atoms with Gasteiger partial charge in [0, 0.05) is 0 Å². The summed E-state index contributed by atoms with van der Waals surface area (Å²) in [5, 5.41) is 0. The van der Waals surface area contributed by atoms with Crippen LogP contribution in [0.3, 0.4) is 0 Å². The van der Waals surface area contributed by atoms with Crippen LogP contribution in [-0.2, 0) is 0 Å². The van der Waals surface area contributed by atoms with E-state index in [0.29, 0.717) is 0 Å². The summed E-state index contributed by atoms with van der Waals surface area (Å²) < 4.78 is 18.7. The maximum atomic E-state index is 13.4. The fraction of sp³-hybridized carbons (Fsp3) is 0. The molecule has 0 bridgehead atoms. The second kappa shape index (κ2) is 4.75. The Bertz CT molecular complexity index is 599. The number of nitrogen functional groups attached to an aromatic ring is 1. The highest BCUT2D eigenvalue weighted by Crippen LogP contribution is 2.30. The van der Waals surface area contributed by atoms with Gasteiger partial charge in [-0.3, -0.25) is 4.79 Å². The third-order valence-electron chi connectivity index (χ3n) is 2.39. The van der Waals surface area contributed by atoms with Crippen molar-refractivity contribution in [1.82, 2.24) is 0 Å². The fourth-order valence-corrected chi connectivity index (χ4v) is 1.49. The standard InChI is InChI=1S/C13H11FN2O2/c14-9-5-1-2-6-10(9)18-11-7-3-4-8(12(11)15)13(16)17/h1-7H,15H2,(H2,16,17). The maximum Gasteiger partial charge on any atom is 0.250 e. The van der Waals surface area contributed by atoms with Gasteiger partial charge in [-0.15, -0.1) is 0 Å². The molecular weight excluding hydrogens is 235 g/mol. The lowest BCUT2D eigenvalue weighted by Crippen LogP contribution is -2.13. The number of benzene rings is 2. The molecule has 1 amide bonds. The first-order valence-electron chi connectivity index (χ1n) is 5.20. The zero-order valence-corrected chi connectivity index (χ0v) is 9.39. The zero-order chi connectivity index (χ0) is 13.1. The van der Waals surface area contributed by atoms with Crippen LogP contribution in [-0.4, -0.2) is 5.91 Å². The Labute approximate surface area is 103 Å². The molecule has 4 nitrogen and oxygen atoms in total. The molecule has 2 aromatic rings. The van der Waals surface area contributed by atoms with Crippen LogP contribution >= 0.6 is 0 Å². The van der Waals surface area contributed by atoms with E-state index in [4.69, 9.17) is 16.2 Å². The van der Waals surface area contributed by atoms with Crippen LogP contribution in [0.4, 0.5) is 10.1 Å². The molecule has 0 fully saturated rings. The van der Waals surface area contributed by atoms with Crippen molar-refractivity contribution in [3.8, 4) is 11.5 Å². The summed E-state index contributed by atoms with van der Waals surface area (Å²) in [6.45, 7) is 0. The summed E-state index contributed by atoms with van der Waals surface area (Å²) in [6, 6.07) is 10.5. The second-order valence-electron chi connectivity index (χ2n) is 3.61. The molecule has 0 radical (unpaired) electrons. The summed E-state index contributed by atoms with van der Waals surface area (Å²) in [7, 11) is 0. The number of primary amides is 1. The molecular formula is C13H11FN2O2. The van der Waals surface area contributed by atoms with Gasteiger partial charge in [-0.1, -0.05) is 18.2 Å². The van der Waals surface area contributed by atoms with E-state index in [-0.39, 0.29) is 22.7 Å². The SMILES string of the molecule is NC(=O)c1cccc(Oc2ccccc2F)c1N. The van der Waals surface area contributed by atoms with E-state index < -0.39 is 11.7 Å². The summed E-state index contributed by atoms with van der Waals surface area (Å²) in [5.74, 6) is -0.949. The number of carbonyl (C=O) groups is 1. The number of para-hydroxylation sites is 2. The molecule has 0 aliphatic rings. The van der Waals surface area contributed by atoms with Crippen LogP contribution in [0.15, 0.2) is 42.5 Å². The molecule has 92 valence electrons. The predicted molar refractivity (Wildman–Crippen MR) is 65.8 cm³/mol. The van der Waals surface area contributed by atoms with Crippen LogP contribution in [0.5, 0.6) is 11.5 Å². The highest BCUT2D eigenvalue weighted by atomic mass is 19.1.